The fraction of sp³-hybridized carbons (Fsp3) is 0.600. The molecular weight excluding hydrogens is 323 g/mol. The number of rotatable bonds is 6. The fourth-order valence-corrected chi connectivity index (χ4v) is 2.59. The number of hydrogen-bond donors (Lipinski definition) is 3. The lowest BCUT2D eigenvalue weighted by atomic mass is 9.85. The monoisotopic (exact) mass is 348 g/mol. The van der Waals surface area contributed by atoms with E-state index in [-0.39, 0.29) is 42.7 Å². The standard InChI is InChI=1S/C15H24N4O.2ClH/c16-13-6-3-5-12(11-13)15(20)19-10-4-9-18-14-7-1-2-8-17-14;;/h1-2,7-8,12-13H,3-6,9-11,16H2,(H,17,18)(H,19,20);2*1H. The van der Waals surface area contributed by atoms with E-state index in [2.05, 4.69) is 15.6 Å². The Bertz CT molecular complexity index is 419. The molecule has 2 unspecified atom stereocenters. The van der Waals surface area contributed by atoms with Gasteiger partial charge in [-0.25, -0.2) is 4.98 Å². The Morgan fingerprint density at radius 3 is 2.77 bits per heavy atom. The van der Waals surface area contributed by atoms with Crippen LogP contribution in [0.15, 0.2) is 24.4 Å². The predicted octanol–water partition coefficient (Wildman–Crippen LogP) is 2.36. The summed E-state index contributed by atoms with van der Waals surface area (Å²) >= 11 is 0. The van der Waals surface area contributed by atoms with Crippen LogP contribution >= 0.6 is 24.8 Å². The molecule has 22 heavy (non-hydrogen) atoms. The minimum Gasteiger partial charge on any atom is -0.370 e. The Kier molecular flexibility index (Phi) is 11.0. The molecule has 1 amide bonds. The summed E-state index contributed by atoms with van der Waals surface area (Å²) in [5.74, 6) is 1.15. The molecule has 0 saturated heterocycles. The number of nitrogens with one attached hydrogen (secondary N) is 2. The van der Waals surface area contributed by atoms with Gasteiger partial charge in [0, 0.05) is 31.2 Å². The lowest BCUT2D eigenvalue weighted by Gasteiger charge is -2.25. The maximum Gasteiger partial charge on any atom is 0.223 e. The van der Waals surface area contributed by atoms with Crippen molar-refractivity contribution in [3.63, 3.8) is 0 Å². The average molecular weight is 349 g/mol. The van der Waals surface area contributed by atoms with Gasteiger partial charge >= 0.3 is 0 Å². The number of amides is 1. The molecule has 1 aliphatic rings. The molecule has 0 spiro atoms. The van der Waals surface area contributed by atoms with Crippen molar-refractivity contribution in [3.8, 4) is 0 Å². The van der Waals surface area contributed by atoms with Crippen molar-refractivity contribution in [1.82, 2.24) is 10.3 Å². The molecule has 0 aromatic carbocycles. The molecule has 1 fully saturated rings. The lowest BCUT2D eigenvalue weighted by Crippen LogP contribution is -2.38. The molecule has 2 rings (SSSR count). The van der Waals surface area contributed by atoms with Crippen molar-refractivity contribution < 1.29 is 4.79 Å². The third-order valence-corrected chi connectivity index (χ3v) is 3.71. The lowest BCUT2D eigenvalue weighted by molar-refractivity contribution is -0.126. The van der Waals surface area contributed by atoms with E-state index < -0.39 is 0 Å². The van der Waals surface area contributed by atoms with Crippen molar-refractivity contribution in [2.45, 2.75) is 38.1 Å². The van der Waals surface area contributed by atoms with E-state index in [1.54, 1.807) is 6.20 Å². The summed E-state index contributed by atoms with van der Waals surface area (Å²) < 4.78 is 0. The van der Waals surface area contributed by atoms with Crippen LogP contribution in [0.2, 0.25) is 0 Å². The predicted molar refractivity (Wildman–Crippen MR) is 94.8 cm³/mol. The van der Waals surface area contributed by atoms with Crippen LogP contribution in [0.3, 0.4) is 0 Å². The highest BCUT2D eigenvalue weighted by atomic mass is 35.5. The first kappa shape index (κ1) is 21.0. The molecule has 1 saturated carbocycles. The first-order valence-corrected chi connectivity index (χ1v) is 7.44. The van der Waals surface area contributed by atoms with E-state index in [0.29, 0.717) is 6.54 Å². The number of pyridine rings is 1. The van der Waals surface area contributed by atoms with Crippen LogP contribution in [-0.2, 0) is 4.79 Å². The van der Waals surface area contributed by atoms with Gasteiger partial charge in [0.25, 0.3) is 0 Å². The Labute approximate surface area is 144 Å². The number of carbonyl (C=O) groups excluding carboxylic acids is 1. The molecule has 4 N–H and O–H groups in total. The number of carbonyl (C=O) groups is 1. The quantitative estimate of drug-likeness (QED) is 0.689. The van der Waals surface area contributed by atoms with Crippen LogP contribution in [0.25, 0.3) is 0 Å². The smallest absolute Gasteiger partial charge is 0.223 e. The van der Waals surface area contributed by atoms with Gasteiger partial charge in [0.2, 0.25) is 5.91 Å². The maximum absolute atomic E-state index is 12.0. The highest BCUT2D eigenvalue weighted by molar-refractivity contribution is 5.85. The molecule has 126 valence electrons. The van der Waals surface area contributed by atoms with Gasteiger partial charge in [0.05, 0.1) is 0 Å². The van der Waals surface area contributed by atoms with E-state index in [9.17, 15) is 4.79 Å². The molecule has 1 heterocycles. The number of aromatic nitrogens is 1. The Morgan fingerprint density at radius 2 is 2.09 bits per heavy atom. The maximum atomic E-state index is 12.0. The molecule has 2 atom stereocenters. The molecule has 0 bridgehead atoms. The van der Waals surface area contributed by atoms with Crippen LogP contribution in [0, 0.1) is 5.92 Å². The summed E-state index contributed by atoms with van der Waals surface area (Å²) in [6, 6.07) is 5.97. The number of anilines is 1. The van der Waals surface area contributed by atoms with Gasteiger partial charge < -0.3 is 16.4 Å². The summed E-state index contributed by atoms with van der Waals surface area (Å²) in [5.41, 5.74) is 5.91. The summed E-state index contributed by atoms with van der Waals surface area (Å²) in [6.45, 7) is 1.51. The van der Waals surface area contributed by atoms with Gasteiger partial charge in [-0.15, -0.1) is 24.8 Å². The third kappa shape index (κ3) is 7.29. The van der Waals surface area contributed by atoms with Crippen molar-refractivity contribution >= 4 is 36.5 Å². The Hall–Kier alpha value is -1.04. The van der Waals surface area contributed by atoms with Gasteiger partial charge in [-0.05, 0) is 37.8 Å². The minimum absolute atomic E-state index is 0. The van der Waals surface area contributed by atoms with Crippen LogP contribution in [0.4, 0.5) is 5.82 Å². The van der Waals surface area contributed by atoms with Gasteiger partial charge in [-0.1, -0.05) is 12.5 Å². The number of halogens is 2. The third-order valence-electron chi connectivity index (χ3n) is 3.71. The number of nitrogens with two attached hydrogens (primary N) is 1. The molecule has 0 aliphatic heterocycles. The first-order chi connectivity index (χ1) is 9.75. The van der Waals surface area contributed by atoms with Crippen LogP contribution in [-0.4, -0.2) is 30.0 Å². The average Bonchev–Trinajstić information content (AvgIpc) is 2.48. The highest BCUT2D eigenvalue weighted by Gasteiger charge is 2.24. The van der Waals surface area contributed by atoms with Crippen molar-refractivity contribution in [2.24, 2.45) is 11.7 Å². The molecule has 0 radical (unpaired) electrons. The summed E-state index contributed by atoms with van der Waals surface area (Å²) in [6.07, 6.45) is 6.58. The van der Waals surface area contributed by atoms with E-state index in [0.717, 1.165) is 44.5 Å². The van der Waals surface area contributed by atoms with Crippen LogP contribution < -0.4 is 16.4 Å². The first-order valence-electron chi connectivity index (χ1n) is 7.44. The summed E-state index contributed by atoms with van der Waals surface area (Å²) in [5, 5.41) is 6.23. The zero-order valence-electron chi connectivity index (χ0n) is 12.7. The second kappa shape index (κ2) is 11.5. The number of nitrogens with zero attached hydrogens (tertiary/aromatic N) is 1. The molecule has 7 heteroatoms. The highest BCUT2D eigenvalue weighted by Crippen LogP contribution is 2.22. The SMILES string of the molecule is Cl.Cl.NC1CCCC(C(=O)NCCCNc2ccccn2)C1. The Balaban J connectivity index is 0.00000220. The van der Waals surface area contributed by atoms with Crippen LogP contribution in [0.1, 0.15) is 32.1 Å². The van der Waals surface area contributed by atoms with Crippen molar-refractivity contribution in [1.29, 1.82) is 0 Å². The van der Waals surface area contributed by atoms with E-state index in [4.69, 9.17) is 5.73 Å². The molecule has 5 nitrogen and oxygen atoms in total. The van der Waals surface area contributed by atoms with Crippen molar-refractivity contribution in [3.05, 3.63) is 24.4 Å². The zero-order chi connectivity index (χ0) is 14.2. The minimum atomic E-state index is 0. The second-order valence-electron chi connectivity index (χ2n) is 5.41. The second-order valence-corrected chi connectivity index (χ2v) is 5.41. The van der Waals surface area contributed by atoms with Gasteiger partial charge in [0.1, 0.15) is 5.82 Å². The van der Waals surface area contributed by atoms with Gasteiger partial charge in [0.15, 0.2) is 0 Å². The molecule has 1 aromatic heterocycles. The summed E-state index contributed by atoms with van der Waals surface area (Å²) in [4.78, 5) is 16.2. The number of hydrogen-bond acceptors (Lipinski definition) is 4. The van der Waals surface area contributed by atoms with Crippen LogP contribution in [0.5, 0.6) is 0 Å². The van der Waals surface area contributed by atoms with Crippen molar-refractivity contribution in [2.75, 3.05) is 18.4 Å². The largest absolute Gasteiger partial charge is 0.370 e. The molecule has 1 aromatic rings. The van der Waals surface area contributed by atoms with Gasteiger partial charge in [-0.3, -0.25) is 4.79 Å². The normalized spacial score (nSPS) is 20.2. The van der Waals surface area contributed by atoms with E-state index >= 15 is 0 Å². The van der Waals surface area contributed by atoms with E-state index in [1.807, 2.05) is 18.2 Å². The zero-order valence-corrected chi connectivity index (χ0v) is 14.3. The Morgan fingerprint density at radius 1 is 1.27 bits per heavy atom. The van der Waals surface area contributed by atoms with E-state index in [1.165, 1.54) is 0 Å². The molecular formula is C15H26Cl2N4O. The van der Waals surface area contributed by atoms with Gasteiger partial charge in [-0.2, -0.15) is 0 Å². The fourth-order valence-electron chi connectivity index (χ4n) is 2.59. The summed E-state index contributed by atoms with van der Waals surface area (Å²) in [7, 11) is 0. The molecule has 1 aliphatic carbocycles. The topological polar surface area (TPSA) is 80.0 Å².